The van der Waals surface area contributed by atoms with Crippen LogP contribution in [0.1, 0.15) is 51.6 Å². The van der Waals surface area contributed by atoms with Crippen LogP contribution in [0.3, 0.4) is 0 Å². The summed E-state index contributed by atoms with van der Waals surface area (Å²) in [6.07, 6.45) is 2.59. The molecule has 1 unspecified atom stereocenters. The van der Waals surface area contributed by atoms with E-state index in [0.29, 0.717) is 0 Å². The number of carbonyl (C=O) groups is 1. The van der Waals surface area contributed by atoms with E-state index in [-0.39, 0.29) is 11.9 Å². The predicted octanol–water partition coefficient (Wildman–Crippen LogP) is 3.88. The highest BCUT2D eigenvalue weighted by molar-refractivity contribution is 9.10. The zero-order valence-electron chi connectivity index (χ0n) is 12.6. The Hall–Kier alpha value is -0.870. The molecule has 0 radical (unpaired) electrons. The lowest BCUT2D eigenvalue weighted by molar-refractivity contribution is -0.135. The van der Waals surface area contributed by atoms with E-state index in [2.05, 4.69) is 42.8 Å². The zero-order valence-corrected chi connectivity index (χ0v) is 14.2. The summed E-state index contributed by atoms with van der Waals surface area (Å²) in [4.78, 5) is 14.4. The van der Waals surface area contributed by atoms with E-state index in [1.165, 1.54) is 0 Å². The second kappa shape index (κ2) is 8.42. The summed E-state index contributed by atoms with van der Waals surface area (Å²) in [5.74, 6) is 0.0527. The van der Waals surface area contributed by atoms with Gasteiger partial charge in [-0.05, 0) is 31.4 Å². The van der Waals surface area contributed by atoms with E-state index < -0.39 is 6.04 Å². The monoisotopic (exact) mass is 340 g/mol. The molecule has 112 valence electrons. The van der Waals surface area contributed by atoms with Crippen LogP contribution in [0.2, 0.25) is 0 Å². The summed E-state index contributed by atoms with van der Waals surface area (Å²) in [7, 11) is 0. The predicted molar refractivity (Wildman–Crippen MR) is 87.4 cm³/mol. The van der Waals surface area contributed by atoms with Crippen LogP contribution in [0, 0.1) is 0 Å². The minimum Gasteiger partial charge on any atom is -0.335 e. The second-order valence-electron chi connectivity index (χ2n) is 5.12. The number of hydrogen-bond donors (Lipinski definition) is 1. The Labute approximate surface area is 130 Å². The number of rotatable bonds is 7. The first kappa shape index (κ1) is 17.2. The van der Waals surface area contributed by atoms with Gasteiger partial charge in [0.1, 0.15) is 0 Å². The third kappa shape index (κ3) is 4.32. The van der Waals surface area contributed by atoms with Crippen molar-refractivity contribution in [2.75, 3.05) is 6.54 Å². The van der Waals surface area contributed by atoms with Crippen molar-refractivity contribution in [2.45, 2.75) is 52.1 Å². The summed E-state index contributed by atoms with van der Waals surface area (Å²) >= 11 is 3.56. The van der Waals surface area contributed by atoms with Gasteiger partial charge >= 0.3 is 0 Å². The molecule has 2 atom stereocenters. The first-order valence-electron chi connectivity index (χ1n) is 7.33. The Kier molecular flexibility index (Phi) is 7.24. The zero-order chi connectivity index (χ0) is 15.1. The van der Waals surface area contributed by atoms with E-state index in [1.54, 1.807) is 0 Å². The fourth-order valence-corrected chi connectivity index (χ4v) is 2.98. The lowest BCUT2D eigenvalue weighted by atomic mass is 10.0. The van der Waals surface area contributed by atoms with Gasteiger partial charge in [-0.25, -0.2) is 0 Å². The molecule has 1 rings (SSSR count). The Balaban J connectivity index is 2.95. The number of amides is 1. The lowest BCUT2D eigenvalue weighted by Crippen LogP contribution is -2.45. The van der Waals surface area contributed by atoms with Crippen LogP contribution in [-0.4, -0.2) is 23.4 Å². The number of nitrogens with two attached hydrogens (primary N) is 1. The van der Waals surface area contributed by atoms with Gasteiger partial charge in [-0.3, -0.25) is 4.79 Å². The van der Waals surface area contributed by atoms with Gasteiger partial charge in [0.2, 0.25) is 5.91 Å². The van der Waals surface area contributed by atoms with E-state index in [4.69, 9.17) is 5.73 Å². The molecule has 3 nitrogen and oxygen atoms in total. The number of benzene rings is 1. The molecule has 0 aromatic heterocycles. The van der Waals surface area contributed by atoms with Gasteiger partial charge in [-0.1, -0.05) is 54.4 Å². The normalized spacial score (nSPS) is 13.8. The first-order valence-corrected chi connectivity index (χ1v) is 8.12. The summed E-state index contributed by atoms with van der Waals surface area (Å²) in [6.45, 7) is 6.93. The highest BCUT2D eigenvalue weighted by atomic mass is 79.9. The maximum atomic E-state index is 12.5. The maximum absolute atomic E-state index is 12.5. The molecule has 0 heterocycles. The molecule has 0 aliphatic heterocycles. The first-order chi connectivity index (χ1) is 9.52. The van der Waals surface area contributed by atoms with E-state index in [9.17, 15) is 4.79 Å². The molecule has 0 spiro atoms. The number of carbonyl (C=O) groups excluding carboxylic acids is 1. The van der Waals surface area contributed by atoms with E-state index in [1.807, 2.05) is 23.1 Å². The van der Waals surface area contributed by atoms with Crippen LogP contribution >= 0.6 is 15.9 Å². The topological polar surface area (TPSA) is 46.3 Å². The average molecular weight is 341 g/mol. The highest BCUT2D eigenvalue weighted by Gasteiger charge is 2.25. The average Bonchev–Trinajstić information content (AvgIpc) is 2.44. The fourth-order valence-electron chi connectivity index (χ4n) is 2.36. The molecule has 0 saturated carbocycles. The van der Waals surface area contributed by atoms with Gasteiger partial charge in [-0.2, -0.15) is 0 Å². The third-order valence-corrected chi connectivity index (χ3v) is 4.21. The number of nitrogens with zero attached hydrogens (tertiary/aromatic N) is 1. The SMILES string of the molecule is CCC[C@@H](N)C(=O)N(CCC)C(C)c1ccccc1Br. The van der Waals surface area contributed by atoms with Gasteiger partial charge in [0.15, 0.2) is 0 Å². The van der Waals surface area contributed by atoms with Crippen molar-refractivity contribution in [3.63, 3.8) is 0 Å². The van der Waals surface area contributed by atoms with Crippen LogP contribution in [0.4, 0.5) is 0 Å². The standard InChI is InChI=1S/C16H25BrN2O/c1-4-8-15(18)16(20)19(11-5-2)12(3)13-9-6-7-10-14(13)17/h6-7,9-10,12,15H,4-5,8,11,18H2,1-3H3/t12?,15-/m1/s1. The fraction of sp³-hybridized carbons (Fsp3) is 0.562. The molecule has 4 heteroatoms. The van der Waals surface area contributed by atoms with Crippen LogP contribution < -0.4 is 5.73 Å². The van der Waals surface area contributed by atoms with Crippen molar-refractivity contribution >= 4 is 21.8 Å². The summed E-state index contributed by atoms with van der Waals surface area (Å²) < 4.78 is 1.03. The molecular weight excluding hydrogens is 316 g/mol. The van der Waals surface area contributed by atoms with Crippen molar-refractivity contribution in [3.05, 3.63) is 34.3 Å². The molecule has 1 aromatic rings. The summed E-state index contributed by atoms with van der Waals surface area (Å²) in [6, 6.07) is 7.67. The van der Waals surface area contributed by atoms with Crippen molar-refractivity contribution in [3.8, 4) is 0 Å². The van der Waals surface area contributed by atoms with Crippen LogP contribution in [0.5, 0.6) is 0 Å². The molecule has 1 amide bonds. The van der Waals surface area contributed by atoms with E-state index in [0.717, 1.165) is 35.8 Å². The quantitative estimate of drug-likeness (QED) is 0.818. The van der Waals surface area contributed by atoms with Crippen molar-refractivity contribution < 1.29 is 4.79 Å². The largest absolute Gasteiger partial charge is 0.335 e. The van der Waals surface area contributed by atoms with Gasteiger partial charge in [0.25, 0.3) is 0 Å². The van der Waals surface area contributed by atoms with E-state index >= 15 is 0 Å². The molecule has 2 N–H and O–H groups in total. The maximum Gasteiger partial charge on any atom is 0.239 e. The Morgan fingerprint density at radius 1 is 1.30 bits per heavy atom. The van der Waals surface area contributed by atoms with Crippen molar-refractivity contribution in [2.24, 2.45) is 5.73 Å². The third-order valence-electron chi connectivity index (χ3n) is 3.49. The Morgan fingerprint density at radius 2 is 1.95 bits per heavy atom. The molecule has 20 heavy (non-hydrogen) atoms. The molecule has 0 aliphatic carbocycles. The van der Waals surface area contributed by atoms with Crippen molar-refractivity contribution in [1.82, 2.24) is 4.90 Å². The molecule has 0 fully saturated rings. The van der Waals surface area contributed by atoms with Crippen molar-refractivity contribution in [1.29, 1.82) is 0 Å². The Bertz CT molecular complexity index is 436. The Morgan fingerprint density at radius 3 is 2.50 bits per heavy atom. The molecule has 1 aromatic carbocycles. The molecule has 0 aliphatic rings. The minimum atomic E-state index is -0.392. The van der Waals surface area contributed by atoms with Gasteiger partial charge in [-0.15, -0.1) is 0 Å². The van der Waals surface area contributed by atoms with Crippen LogP contribution in [-0.2, 0) is 4.79 Å². The lowest BCUT2D eigenvalue weighted by Gasteiger charge is -2.32. The van der Waals surface area contributed by atoms with Gasteiger partial charge in [0.05, 0.1) is 12.1 Å². The summed E-state index contributed by atoms with van der Waals surface area (Å²) in [5, 5.41) is 0. The second-order valence-corrected chi connectivity index (χ2v) is 5.98. The molecular formula is C16H25BrN2O. The molecule has 0 bridgehead atoms. The van der Waals surface area contributed by atoms with Crippen LogP contribution in [0.15, 0.2) is 28.7 Å². The van der Waals surface area contributed by atoms with Gasteiger partial charge in [0, 0.05) is 11.0 Å². The highest BCUT2D eigenvalue weighted by Crippen LogP contribution is 2.28. The minimum absolute atomic E-state index is 0.0286. The number of halogens is 1. The van der Waals surface area contributed by atoms with Crippen LogP contribution in [0.25, 0.3) is 0 Å². The van der Waals surface area contributed by atoms with Gasteiger partial charge < -0.3 is 10.6 Å². The smallest absolute Gasteiger partial charge is 0.239 e. The summed E-state index contributed by atoms with van der Waals surface area (Å²) in [5.41, 5.74) is 7.13. The molecule has 0 saturated heterocycles. The number of hydrogen-bond acceptors (Lipinski definition) is 2.